The molecule has 1 aliphatic rings. The molecule has 1 saturated heterocycles. The lowest BCUT2D eigenvalue weighted by molar-refractivity contribution is 0.144. The molecule has 3 unspecified atom stereocenters. The fourth-order valence-electron chi connectivity index (χ4n) is 3.54. The van der Waals surface area contributed by atoms with Gasteiger partial charge < -0.3 is 24.4 Å². The van der Waals surface area contributed by atoms with E-state index in [1.165, 1.54) is 6.42 Å². The predicted molar refractivity (Wildman–Crippen MR) is 97.6 cm³/mol. The topological polar surface area (TPSA) is 60.0 Å². The molecule has 1 aromatic carbocycles. The molecule has 0 radical (unpaired) electrons. The number of ether oxygens (including phenoxy) is 3. The number of rotatable bonds is 5. The number of hydrogen-bond acceptors (Lipinski definition) is 4. The van der Waals surface area contributed by atoms with Gasteiger partial charge in [-0.25, -0.2) is 4.79 Å². The van der Waals surface area contributed by atoms with Crippen molar-refractivity contribution in [2.75, 3.05) is 34.4 Å². The van der Waals surface area contributed by atoms with Crippen LogP contribution in [0.25, 0.3) is 0 Å². The highest BCUT2D eigenvalue weighted by molar-refractivity contribution is 5.75. The van der Waals surface area contributed by atoms with Crippen LogP contribution in [0.2, 0.25) is 0 Å². The fourth-order valence-corrected chi connectivity index (χ4v) is 3.54. The Labute approximate surface area is 150 Å². The van der Waals surface area contributed by atoms with Crippen LogP contribution in [0.1, 0.15) is 38.8 Å². The number of piperidine rings is 1. The summed E-state index contributed by atoms with van der Waals surface area (Å²) in [5.41, 5.74) is 0.904. The maximum atomic E-state index is 12.6. The van der Waals surface area contributed by atoms with Gasteiger partial charge in [0.05, 0.1) is 27.4 Å². The third-order valence-corrected chi connectivity index (χ3v) is 4.68. The summed E-state index contributed by atoms with van der Waals surface area (Å²) >= 11 is 0. The number of nitrogens with one attached hydrogen (secondary N) is 1. The van der Waals surface area contributed by atoms with Crippen LogP contribution in [0.4, 0.5) is 4.79 Å². The van der Waals surface area contributed by atoms with Crippen LogP contribution < -0.4 is 19.5 Å². The average Bonchev–Trinajstić information content (AvgIpc) is 2.59. The Hall–Kier alpha value is -2.11. The Morgan fingerprint density at radius 3 is 2.04 bits per heavy atom. The number of urea groups is 1. The van der Waals surface area contributed by atoms with E-state index in [4.69, 9.17) is 14.2 Å². The van der Waals surface area contributed by atoms with Crippen LogP contribution >= 0.6 is 0 Å². The number of carbonyl (C=O) groups excluding carboxylic acids is 1. The summed E-state index contributed by atoms with van der Waals surface area (Å²) in [6, 6.07) is 3.54. The summed E-state index contributed by atoms with van der Waals surface area (Å²) in [4.78, 5) is 14.5. The second-order valence-electron chi connectivity index (χ2n) is 6.98. The van der Waals surface area contributed by atoms with E-state index in [9.17, 15) is 4.79 Å². The lowest BCUT2D eigenvalue weighted by Gasteiger charge is -2.35. The van der Waals surface area contributed by atoms with Crippen molar-refractivity contribution < 1.29 is 19.0 Å². The highest BCUT2D eigenvalue weighted by atomic mass is 16.5. The van der Waals surface area contributed by atoms with Gasteiger partial charge in [0.15, 0.2) is 11.5 Å². The largest absolute Gasteiger partial charge is 0.493 e. The third-order valence-electron chi connectivity index (χ3n) is 4.68. The maximum absolute atomic E-state index is 12.6. The number of likely N-dealkylation sites (tertiary alicyclic amines) is 1. The van der Waals surface area contributed by atoms with Crippen molar-refractivity contribution in [3.63, 3.8) is 0 Å². The first-order chi connectivity index (χ1) is 11.9. The zero-order valence-corrected chi connectivity index (χ0v) is 16.1. The van der Waals surface area contributed by atoms with Gasteiger partial charge in [0.2, 0.25) is 5.75 Å². The van der Waals surface area contributed by atoms with Gasteiger partial charge in [-0.05, 0) is 42.9 Å². The Balaban J connectivity index is 2.14. The number of nitrogens with zero attached hydrogens (tertiary/aromatic N) is 1. The lowest BCUT2D eigenvalue weighted by atomic mass is 9.92. The monoisotopic (exact) mass is 350 g/mol. The number of carbonyl (C=O) groups is 1. The minimum atomic E-state index is -0.172. The predicted octanol–water partition coefficient (Wildman–Crippen LogP) is 3.46. The van der Waals surface area contributed by atoms with Crippen molar-refractivity contribution in [1.82, 2.24) is 10.2 Å². The van der Waals surface area contributed by atoms with Crippen molar-refractivity contribution >= 4 is 6.03 Å². The van der Waals surface area contributed by atoms with Gasteiger partial charge in [0, 0.05) is 13.1 Å². The van der Waals surface area contributed by atoms with E-state index < -0.39 is 0 Å². The summed E-state index contributed by atoms with van der Waals surface area (Å²) in [7, 11) is 4.74. The van der Waals surface area contributed by atoms with Crippen molar-refractivity contribution in [1.29, 1.82) is 0 Å². The van der Waals surface area contributed by atoms with E-state index >= 15 is 0 Å². The first-order valence-electron chi connectivity index (χ1n) is 8.74. The molecule has 2 amide bonds. The molecule has 25 heavy (non-hydrogen) atoms. The molecular formula is C19H30N2O4. The Kier molecular flexibility index (Phi) is 6.39. The van der Waals surface area contributed by atoms with Gasteiger partial charge in [-0.2, -0.15) is 0 Å². The smallest absolute Gasteiger partial charge is 0.317 e. The molecule has 0 aromatic heterocycles. The lowest BCUT2D eigenvalue weighted by Crippen LogP contribution is -2.48. The van der Waals surface area contributed by atoms with E-state index in [1.807, 2.05) is 24.0 Å². The standard InChI is InChI=1S/C19H30N2O4/c1-12-7-13(2)11-21(10-12)19(22)20-14(3)15-8-16(23-4)18(25-6)17(9-15)24-5/h8-9,12-14H,7,10-11H2,1-6H3,(H,20,22). The Bertz CT molecular complexity index is 570. The van der Waals surface area contributed by atoms with E-state index in [-0.39, 0.29) is 12.1 Å². The second kappa shape index (κ2) is 8.32. The first-order valence-corrected chi connectivity index (χ1v) is 8.74. The molecule has 1 heterocycles. The van der Waals surface area contributed by atoms with Crippen LogP contribution in [0.5, 0.6) is 17.2 Å². The zero-order chi connectivity index (χ0) is 18.6. The van der Waals surface area contributed by atoms with Crippen LogP contribution in [0, 0.1) is 11.8 Å². The SMILES string of the molecule is COc1cc(C(C)NC(=O)N2CC(C)CC(C)C2)cc(OC)c1OC. The molecule has 6 heteroatoms. The second-order valence-corrected chi connectivity index (χ2v) is 6.98. The molecule has 6 nitrogen and oxygen atoms in total. The molecule has 2 rings (SSSR count). The Morgan fingerprint density at radius 1 is 1.08 bits per heavy atom. The average molecular weight is 350 g/mol. The number of amides is 2. The van der Waals surface area contributed by atoms with E-state index in [0.29, 0.717) is 29.1 Å². The van der Waals surface area contributed by atoms with Crippen LogP contribution in [-0.4, -0.2) is 45.3 Å². The summed E-state index contributed by atoms with van der Waals surface area (Å²) in [6.45, 7) is 7.95. The summed E-state index contributed by atoms with van der Waals surface area (Å²) in [5, 5.41) is 3.08. The molecule has 1 aliphatic heterocycles. The minimum absolute atomic E-state index is 0.0281. The van der Waals surface area contributed by atoms with E-state index in [2.05, 4.69) is 19.2 Å². The number of hydrogen-bond donors (Lipinski definition) is 1. The van der Waals surface area contributed by atoms with E-state index in [0.717, 1.165) is 18.7 Å². The summed E-state index contributed by atoms with van der Waals surface area (Å²) < 4.78 is 16.1. The van der Waals surface area contributed by atoms with Crippen molar-refractivity contribution in [2.24, 2.45) is 11.8 Å². The molecule has 3 atom stereocenters. The van der Waals surface area contributed by atoms with Gasteiger partial charge in [0.25, 0.3) is 0 Å². The van der Waals surface area contributed by atoms with Gasteiger partial charge in [-0.15, -0.1) is 0 Å². The molecule has 0 spiro atoms. The summed E-state index contributed by atoms with van der Waals surface area (Å²) in [5.74, 6) is 2.78. The Morgan fingerprint density at radius 2 is 1.60 bits per heavy atom. The minimum Gasteiger partial charge on any atom is -0.493 e. The molecule has 140 valence electrons. The van der Waals surface area contributed by atoms with Crippen LogP contribution in [0.3, 0.4) is 0 Å². The molecular weight excluding hydrogens is 320 g/mol. The quantitative estimate of drug-likeness (QED) is 0.883. The van der Waals surface area contributed by atoms with Crippen LogP contribution in [-0.2, 0) is 0 Å². The molecule has 1 N–H and O–H groups in total. The van der Waals surface area contributed by atoms with E-state index in [1.54, 1.807) is 21.3 Å². The highest BCUT2D eigenvalue weighted by Gasteiger charge is 2.26. The molecule has 0 aliphatic carbocycles. The fraction of sp³-hybridized carbons (Fsp3) is 0.632. The first kappa shape index (κ1) is 19.2. The molecule has 1 aromatic rings. The summed E-state index contributed by atoms with van der Waals surface area (Å²) in [6.07, 6.45) is 1.17. The van der Waals surface area contributed by atoms with Crippen molar-refractivity contribution in [3.05, 3.63) is 17.7 Å². The van der Waals surface area contributed by atoms with Gasteiger partial charge in [-0.1, -0.05) is 13.8 Å². The molecule has 0 bridgehead atoms. The normalized spacial score (nSPS) is 21.4. The zero-order valence-electron chi connectivity index (χ0n) is 16.1. The highest BCUT2D eigenvalue weighted by Crippen LogP contribution is 2.39. The van der Waals surface area contributed by atoms with Crippen molar-refractivity contribution in [3.8, 4) is 17.2 Å². The van der Waals surface area contributed by atoms with Gasteiger partial charge >= 0.3 is 6.03 Å². The molecule has 0 saturated carbocycles. The third kappa shape index (κ3) is 4.50. The van der Waals surface area contributed by atoms with Gasteiger partial charge in [0.1, 0.15) is 0 Å². The van der Waals surface area contributed by atoms with Crippen LogP contribution in [0.15, 0.2) is 12.1 Å². The van der Waals surface area contributed by atoms with Gasteiger partial charge in [-0.3, -0.25) is 0 Å². The number of methoxy groups -OCH3 is 3. The number of benzene rings is 1. The maximum Gasteiger partial charge on any atom is 0.317 e. The van der Waals surface area contributed by atoms with Crippen molar-refractivity contribution in [2.45, 2.75) is 33.2 Å². The molecule has 1 fully saturated rings.